The van der Waals surface area contributed by atoms with Crippen LogP contribution in [0.1, 0.15) is 31.2 Å². The normalized spacial score (nSPS) is 18.7. The van der Waals surface area contributed by atoms with Crippen molar-refractivity contribution in [2.75, 3.05) is 32.7 Å². The maximum Gasteiger partial charge on any atom is 0.407 e. The Labute approximate surface area is 175 Å². The maximum atomic E-state index is 12.4. The molecule has 0 saturated carbocycles. The van der Waals surface area contributed by atoms with Gasteiger partial charge in [0.15, 0.2) is 0 Å². The average molecular weight is 416 g/mol. The molecule has 3 rings (SSSR count). The minimum Gasteiger partial charge on any atom is -0.445 e. The number of nitrogens with one attached hydrogen (secondary N) is 2. The van der Waals surface area contributed by atoms with Gasteiger partial charge in [-0.15, -0.1) is 0 Å². The number of benzene rings is 1. The molecule has 0 aromatic heterocycles. The Kier molecular flexibility index (Phi) is 7.64. The van der Waals surface area contributed by atoms with Crippen molar-refractivity contribution in [1.29, 1.82) is 0 Å². The molecule has 1 aromatic rings. The Bertz CT molecular complexity index is 762. The summed E-state index contributed by atoms with van der Waals surface area (Å²) in [5.74, 6) is -0.137. The maximum absolute atomic E-state index is 12.4. The first-order valence-electron chi connectivity index (χ1n) is 10.3. The van der Waals surface area contributed by atoms with Crippen molar-refractivity contribution in [3.63, 3.8) is 0 Å². The van der Waals surface area contributed by atoms with Crippen molar-refractivity contribution >= 4 is 23.8 Å². The van der Waals surface area contributed by atoms with Gasteiger partial charge < -0.3 is 25.2 Å². The van der Waals surface area contributed by atoms with E-state index in [2.05, 4.69) is 10.6 Å². The zero-order valence-electron chi connectivity index (χ0n) is 17.0. The third-order valence-corrected chi connectivity index (χ3v) is 5.29. The molecule has 9 nitrogen and oxygen atoms in total. The molecule has 0 spiro atoms. The summed E-state index contributed by atoms with van der Waals surface area (Å²) in [4.78, 5) is 51.2. The van der Waals surface area contributed by atoms with Crippen molar-refractivity contribution in [3.8, 4) is 0 Å². The molecule has 0 radical (unpaired) electrons. The van der Waals surface area contributed by atoms with Crippen molar-refractivity contribution in [2.24, 2.45) is 0 Å². The summed E-state index contributed by atoms with van der Waals surface area (Å²) in [6, 6.07) is 8.99. The van der Waals surface area contributed by atoms with Gasteiger partial charge in [-0.05, 0) is 18.4 Å². The van der Waals surface area contributed by atoms with Gasteiger partial charge in [0.2, 0.25) is 17.7 Å². The van der Waals surface area contributed by atoms with Crippen molar-refractivity contribution in [2.45, 2.75) is 38.3 Å². The largest absolute Gasteiger partial charge is 0.445 e. The quantitative estimate of drug-likeness (QED) is 0.635. The smallest absolute Gasteiger partial charge is 0.407 e. The third kappa shape index (κ3) is 6.20. The highest BCUT2D eigenvalue weighted by molar-refractivity contribution is 5.91. The first-order chi connectivity index (χ1) is 14.5. The van der Waals surface area contributed by atoms with Crippen LogP contribution >= 0.6 is 0 Å². The van der Waals surface area contributed by atoms with E-state index >= 15 is 0 Å². The number of carbonyl (C=O) groups is 4. The number of amides is 4. The molecule has 4 amide bonds. The molecule has 2 heterocycles. The van der Waals surface area contributed by atoms with Gasteiger partial charge >= 0.3 is 6.09 Å². The minimum absolute atomic E-state index is 0.00993. The molecule has 2 N–H and O–H groups in total. The molecule has 1 unspecified atom stereocenters. The Morgan fingerprint density at radius 3 is 2.43 bits per heavy atom. The monoisotopic (exact) mass is 416 g/mol. The van der Waals surface area contributed by atoms with Crippen molar-refractivity contribution in [1.82, 2.24) is 20.4 Å². The number of hydrogen-bond donors (Lipinski definition) is 2. The molecule has 2 aliphatic rings. The Hall–Kier alpha value is -3.10. The number of piperazine rings is 1. The van der Waals surface area contributed by atoms with Crippen molar-refractivity contribution < 1.29 is 23.9 Å². The molecule has 1 aromatic carbocycles. The van der Waals surface area contributed by atoms with Gasteiger partial charge in [-0.2, -0.15) is 0 Å². The standard InChI is InChI=1S/C21H28N4O5/c26-18-9-8-17(23-18)20(28)25-13-11-24(12-14-25)19(27)7-4-10-22-21(29)30-15-16-5-2-1-3-6-16/h1-3,5-6,17H,4,7-15H2,(H,22,29)(H,23,26). The molecule has 0 aliphatic carbocycles. The van der Waals surface area contributed by atoms with E-state index in [-0.39, 0.29) is 24.3 Å². The summed E-state index contributed by atoms with van der Waals surface area (Å²) in [5, 5.41) is 5.34. The van der Waals surface area contributed by atoms with Gasteiger partial charge in [-0.25, -0.2) is 4.79 Å². The number of ether oxygens (including phenoxy) is 1. The van der Waals surface area contributed by atoms with Crippen LogP contribution in [0.4, 0.5) is 4.79 Å². The van der Waals surface area contributed by atoms with Gasteiger partial charge in [0, 0.05) is 45.6 Å². The fourth-order valence-corrected chi connectivity index (χ4v) is 3.56. The fraction of sp³-hybridized carbons (Fsp3) is 0.524. The predicted molar refractivity (Wildman–Crippen MR) is 108 cm³/mol. The minimum atomic E-state index is -0.502. The summed E-state index contributed by atoms with van der Waals surface area (Å²) in [5.41, 5.74) is 0.913. The Balaban J connectivity index is 1.27. The summed E-state index contributed by atoms with van der Waals surface area (Å²) in [6.07, 6.45) is 1.27. The molecular formula is C21H28N4O5. The molecule has 1 atom stereocenters. The zero-order chi connectivity index (χ0) is 21.3. The molecule has 30 heavy (non-hydrogen) atoms. The molecular weight excluding hydrogens is 388 g/mol. The summed E-state index contributed by atoms with van der Waals surface area (Å²) >= 11 is 0. The number of hydrogen-bond acceptors (Lipinski definition) is 5. The molecule has 0 bridgehead atoms. The number of rotatable bonds is 7. The second-order valence-corrected chi connectivity index (χ2v) is 7.46. The molecule has 9 heteroatoms. The third-order valence-electron chi connectivity index (χ3n) is 5.29. The topological polar surface area (TPSA) is 108 Å². The van der Waals surface area contributed by atoms with Crippen LogP contribution in [0.5, 0.6) is 0 Å². The van der Waals surface area contributed by atoms with Crippen LogP contribution in [0.15, 0.2) is 30.3 Å². The lowest BCUT2D eigenvalue weighted by atomic mass is 10.1. The van der Waals surface area contributed by atoms with E-state index in [4.69, 9.17) is 4.74 Å². The molecule has 162 valence electrons. The van der Waals surface area contributed by atoms with Crippen LogP contribution < -0.4 is 10.6 Å². The van der Waals surface area contributed by atoms with Crippen LogP contribution in [0.3, 0.4) is 0 Å². The predicted octanol–water partition coefficient (Wildman–Crippen LogP) is 0.642. The van der Waals surface area contributed by atoms with Gasteiger partial charge in [-0.1, -0.05) is 30.3 Å². The SMILES string of the molecule is O=C1CCC(C(=O)N2CCN(C(=O)CCCNC(=O)OCc3ccccc3)CC2)N1. The highest BCUT2D eigenvalue weighted by atomic mass is 16.5. The summed E-state index contributed by atoms with van der Waals surface area (Å²) in [7, 11) is 0. The lowest BCUT2D eigenvalue weighted by Gasteiger charge is -2.36. The lowest BCUT2D eigenvalue weighted by molar-refractivity contribution is -0.141. The van der Waals surface area contributed by atoms with Crippen LogP contribution in [-0.2, 0) is 25.7 Å². The van der Waals surface area contributed by atoms with E-state index < -0.39 is 12.1 Å². The second-order valence-electron chi connectivity index (χ2n) is 7.46. The fourth-order valence-electron chi connectivity index (χ4n) is 3.56. The molecule has 2 saturated heterocycles. The van der Waals surface area contributed by atoms with Crippen LogP contribution in [0.25, 0.3) is 0 Å². The van der Waals surface area contributed by atoms with Crippen LogP contribution in [0.2, 0.25) is 0 Å². The van der Waals surface area contributed by atoms with E-state index in [9.17, 15) is 19.2 Å². The molecule has 2 fully saturated rings. The van der Waals surface area contributed by atoms with Crippen molar-refractivity contribution in [3.05, 3.63) is 35.9 Å². The number of carbonyl (C=O) groups excluding carboxylic acids is 4. The summed E-state index contributed by atoms with van der Waals surface area (Å²) in [6.45, 7) is 2.48. The first-order valence-corrected chi connectivity index (χ1v) is 10.3. The van der Waals surface area contributed by atoms with E-state index in [1.165, 1.54) is 0 Å². The second kappa shape index (κ2) is 10.6. The van der Waals surface area contributed by atoms with E-state index in [1.807, 2.05) is 30.3 Å². The van der Waals surface area contributed by atoms with Crippen LogP contribution in [-0.4, -0.2) is 72.4 Å². The number of alkyl carbamates (subject to hydrolysis) is 1. The van der Waals surface area contributed by atoms with Gasteiger partial charge in [-0.3, -0.25) is 14.4 Å². The van der Waals surface area contributed by atoms with Gasteiger partial charge in [0.25, 0.3) is 0 Å². The Morgan fingerprint density at radius 1 is 1.07 bits per heavy atom. The Morgan fingerprint density at radius 2 is 1.77 bits per heavy atom. The van der Waals surface area contributed by atoms with E-state index in [0.29, 0.717) is 58.4 Å². The average Bonchev–Trinajstić information content (AvgIpc) is 3.21. The lowest BCUT2D eigenvalue weighted by Crippen LogP contribution is -2.54. The number of nitrogens with zero attached hydrogens (tertiary/aromatic N) is 2. The molecule has 2 aliphatic heterocycles. The highest BCUT2D eigenvalue weighted by Gasteiger charge is 2.32. The van der Waals surface area contributed by atoms with Gasteiger partial charge in [0.1, 0.15) is 12.6 Å². The van der Waals surface area contributed by atoms with Crippen LogP contribution in [0, 0.1) is 0 Å². The van der Waals surface area contributed by atoms with Gasteiger partial charge in [0.05, 0.1) is 0 Å². The highest BCUT2D eigenvalue weighted by Crippen LogP contribution is 2.12. The van der Waals surface area contributed by atoms with E-state index in [1.54, 1.807) is 9.80 Å². The first kappa shape index (κ1) is 21.6. The van der Waals surface area contributed by atoms with E-state index in [0.717, 1.165) is 5.56 Å². The zero-order valence-corrected chi connectivity index (χ0v) is 17.0. The summed E-state index contributed by atoms with van der Waals surface area (Å²) < 4.78 is 5.13.